The minimum Gasteiger partial charge on any atom is -0.508 e. The SMILES string of the molecule is CCN(CC)c1ccc(N2C(=O)C(O)=C(C(=O)CCc3ccccc3)C2c2cccc(O)c2)cc1. The van der Waals surface area contributed by atoms with Gasteiger partial charge >= 0.3 is 0 Å². The van der Waals surface area contributed by atoms with Crippen molar-refractivity contribution in [3.05, 3.63) is 101 Å². The molecule has 0 saturated heterocycles. The van der Waals surface area contributed by atoms with Crippen LogP contribution >= 0.6 is 0 Å². The summed E-state index contributed by atoms with van der Waals surface area (Å²) < 4.78 is 0. The highest BCUT2D eigenvalue weighted by Crippen LogP contribution is 2.42. The van der Waals surface area contributed by atoms with Crippen molar-refractivity contribution in [1.29, 1.82) is 0 Å². The van der Waals surface area contributed by atoms with E-state index in [-0.39, 0.29) is 23.5 Å². The molecule has 0 bridgehead atoms. The van der Waals surface area contributed by atoms with E-state index in [1.165, 1.54) is 17.0 Å². The quantitative estimate of drug-likeness (QED) is 0.441. The largest absolute Gasteiger partial charge is 0.508 e. The van der Waals surface area contributed by atoms with E-state index in [1.807, 2.05) is 54.6 Å². The molecule has 0 aromatic heterocycles. The van der Waals surface area contributed by atoms with Gasteiger partial charge in [0.2, 0.25) is 0 Å². The van der Waals surface area contributed by atoms with Crippen LogP contribution in [-0.2, 0) is 16.0 Å². The van der Waals surface area contributed by atoms with E-state index in [9.17, 15) is 19.8 Å². The second-order valence-electron chi connectivity index (χ2n) is 8.53. The van der Waals surface area contributed by atoms with Crippen LogP contribution in [0.15, 0.2) is 90.2 Å². The average molecular weight is 471 g/mol. The highest BCUT2D eigenvalue weighted by molar-refractivity contribution is 6.16. The molecule has 1 heterocycles. The summed E-state index contributed by atoms with van der Waals surface area (Å²) in [4.78, 5) is 30.3. The third-order valence-electron chi connectivity index (χ3n) is 6.43. The second kappa shape index (κ2) is 10.5. The first-order valence-corrected chi connectivity index (χ1v) is 11.9. The van der Waals surface area contributed by atoms with Crippen LogP contribution in [0.1, 0.15) is 37.4 Å². The standard InChI is InChI=1S/C29H30N2O4/c1-3-30(4-2)22-14-16-23(17-15-22)31-27(21-11-8-12-24(32)19-21)26(28(34)29(31)35)25(33)18-13-20-9-6-5-7-10-20/h5-12,14-17,19,27,32,34H,3-4,13,18H2,1-2H3. The van der Waals surface area contributed by atoms with Crippen molar-refractivity contribution >= 4 is 23.1 Å². The number of aliphatic hydroxyl groups is 1. The van der Waals surface area contributed by atoms with Gasteiger partial charge in [0.25, 0.3) is 5.91 Å². The lowest BCUT2D eigenvalue weighted by Gasteiger charge is -2.28. The van der Waals surface area contributed by atoms with Crippen LogP contribution in [0.3, 0.4) is 0 Å². The minimum atomic E-state index is -0.836. The van der Waals surface area contributed by atoms with E-state index in [0.29, 0.717) is 17.7 Å². The molecule has 3 aromatic rings. The van der Waals surface area contributed by atoms with Crippen molar-refractivity contribution in [2.75, 3.05) is 22.9 Å². The van der Waals surface area contributed by atoms with Gasteiger partial charge in [0.15, 0.2) is 11.5 Å². The molecule has 1 atom stereocenters. The normalized spacial score (nSPS) is 15.5. The Kier molecular flexibility index (Phi) is 7.20. The molecule has 0 aliphatic carbocycles. The number of aryl methyl sites for hydroxylation is 1. The van der Waals surface area contributed by atoms with Gasteiger partial charge in [-0.2, -0.15) is 0 Å². The number of rotatable bonds is 9. The van der Waals surface area contributed by atoms with E-state index in [2.05, 4.69) is 18.7 Å². The van der Waals surface area contributed by atoms with Crippen molar-refractivity contribution in [3.63, 3.8) is 0 Å². The van der Waals surface area contributed by atoms with E-state index < -0.39 is 17.7 Å². The Bertz CT molecular complexity index is 1230. The molecule has 0 fully saturated rings. The molecule has 3 aromatic carbocycles. The number of benzene rings is 3. The smallest absolute Gasteiger partial charge is 0.294 e. The maximum absolute atomic E-state index is 13.4. The number of phenolic OH excluding ortho intramolecular Hbond substituents is 1. The van der Waals surface area contributed by atoms with Gasteiger partial charge in [-0.15, -0.1) is 0 Å². The Balaban J connectivity index is 1.70. The number of aromatic hydroxyl groups is 1. The third kappa shape index (κ3) is 4.92. The molecule has 4 rings (SSSR count). The van der Waals surface area contributed by atoms with Crippen molar-refractivity contribution in [2.24, 2.45) is 0 Å². The number of hydrogen-bond acceptors (Lipinski definition) is 5. The van der Waals surface area contributed by atoms with Crippen LogP contribution in [0.25, 0.3) is 0 Å². The van der Waals surface area contributed by atoms with Gasteiger partial charge in [0, 0.05) is 30.9 Å². The molecule has 6 nitrogen and oxygen atoms in total. The number of amides is 1. The Morgan fingerprint density at radius 2 is 1.60 bits per heavy atom. The minimum absolute atomic E-state index is 0.0225. The molecule has 2 N–H and O–H groups in total. The first-order chi connectivity index (χ1) is 16.9. The number of anilines is 2. The van der Waals surface area contributed by atoms with Gasteiger partial charge in [-0.05, 0) is 67.8 Å². The zero-order chi connectivity index (χ0) is 24.9. The molecule has 1 aliphatic heterocycles. The zero-order valence-electron chi connectivity index (χ0n) is 20.0. The van der Waals surface area contributed by atoms with Crippen LogP contribution < -0.4 is 9.80 Å². The Morgan fingerprint density at radius 3 is 2.23 bits per heavy atom. The summed E-state index contributed by atoms with van der Waals surface area (Å²) in [6.07, 6.45) is 0.650. The molecule has 180 valence electrons. The predicted octanol–water partition coefficient (Wildman–Crippen LogP) is 5.34. The number of Topliss-reactive ketones (excluding diaryl/α,β-unsaturated/α-hetero) is 1. The lowest BCUT2D eigenvalue weighted by molar-refractivity contribution is -0.118. The van der Waals surface area contributed by atoms with Crippen LogP contribution in [0.4, 0.5) is 11.4 Å². The van der Waals surface area contributed by atoms with Crippen molar-refractivity contribution in [3.8, 4) is 5.75 Å². The first-order valence-electron chi connectivity index (χ1n) is 11.9. The summed E-state index contributed by atoms with van der Waals surface area (Å²) in [6.45, 7) is 5.86. The number of carbonyl (C=O) groups excluding carboxylic acids is 2. The van der Waals surface area contributed by atoms with E-state index >= 15 is 0 Å². The summed E-state index contributed by atoms with van der Waals surface area (Å²) in [6, 6.07) is 22.8. The average Bonchev–Trinajstić information content (AvgIpc) is 3.15. The van der Waals surface area contributed by atoms with Gasteiger partial charge in [-0.3, -0.25) is 14.5 Å². The molecular formula is C29H30N2O4. The van der Waals surface area contributed by atoms with Crippen LogP contribution in [0.2, 0.25) is 0 Å². The summed E-state index contributed by atoms with van der Waals surface area (Å²) >= 11 is 0. The molecule has 0 saturated carbocycles. The molecule has 0 spiro atoms. The van der Waals surface area contributed by atoms with Crippen LogP contribution in [-0.4, -0.2) is 35.0 Å². The third-order valence-corrected chi connectivity index (χ3v) is 6.43. The van der Waals surface area contributed by atoms with Gasteiger partial charge in [-0.25, -0.2) is 0 Å². The topological polar surface area (TPSA) is 81.1 Å². The number of aliphatic hydroxyl groups excluding tert-OH is 1. The highest BCUT2D eigenvalue weighted by Gasteiger charge is 2.44. The van der Waals surface area contributed by atoms with Crippen LogP contribution in [0.5, 0.6) is 5.75 Å². The maximum Gasteiger partial charge on any atom is 0.294 e. The fraction of sp³-hybridized carbons (Fsp3) is 0.241. The monoisotopic (exact) mass is 470 g/mol. The Morgan fingerprint density at radius 1 is 0.914 bits per heavy atom. The lowest BCUT2D eigenvalue weighted by atomic mass is 9.93. The summed E-state index contributed by atoms with van der Waals surface area (Å²) in [5.74, 6) is -1.44. The molecule has 35 heavy (non-hydrogen) atoms. The van der Waals surface area contributed by atoms with Gasteiger partial charge in [-0.1, -0.05) is 42.5 Å². The molecule has 0 radical (unpaired) electrons. The molecule has 1 aliphatic rings. The number of nitrogens with zero attached hydrogens (tertiary/aromatic N) is 2. The molecule has 1 unspecified atom stereocenters. The number of phenols is 1. The summed E-state index contributed by atoms with van der Waals surface area (Å²) in [7, 11) is 0. The zero-order valence-corrected chi connectivity index (χ0v) is 20.0. The predicted molar refractivity (Wildman–Crippen MR) is 138 cm³/mol. The highest BCUT2D eigenvalue weighted by atomic mass is 16.3. The van der Waals surface area contributed by atoms with Crippen molar-refractivity contribution in [1.82, 2.24) is 0 Å². The fourth-order valence-corrected chi connectivity index (χ4v) is 4.62. The molecule has 1 amide bonds. The van der Waals surface area contributed by atoms with E-state index in [0.717, 1.165) is 24.3 Å². The van der Waals surface area contributed by atoms with Crippen molar-refractivity contribution < 1.29 is 19.8 Å². The van der Waals surface area contributed by atoms with Crippen molar-refractivity contribution in [2.45, 2.75) is 32.7 Å². The Hall–Kier alpha value is -4.06. The summed E-state index contributed by atoms with van der Waals surface area (Å²) in [5, 5.41) is 21.0. The number of ketones is 1. The van der Waals surface area contributed by atoms with Gasteiger partial charge in [0.1, 0.15) is 5.75 Å². The van der Waals surface area contributed by atoms with E-state index in [1.54, 1.807) is 12.1 Å². The fourth-order valence-electron chi connectivity index (χ4n) is 4.62. The van der Waals surface area contributed by atoms with Gasteiger partial charge in [0.05, 0.1) is 11.6 Å². The molecule has 6 heteroatoms. The maximum atomic E-state index is 13.4. The number of carbonyl (C=O) groups is 2. The molecular weight excluding hydrogens is 440 g/mol. The van der Waals surface area contributed by atoms with E-state index in [4.69, 9.17) is 0 Å². The van der Waals surface area contributed by atoms with Crippen LogP contribution in [0, 0.1) is 0 Å². The van der Waals surface area contributed by atoms with Gasteiger partial charge < -0.3 is 15.1 Å². The Labute approximate surface area is 205 Å². The number of hydrogen-bond donors (Lipinski definition) is 2. The second-order valence-corrected chi connectivity index (χ2v) is 8.53. The first kappa shape index (κ1) is 24.1. The summed E-state index contributed by atoms with van der Waals surface area (Å²) in [5.41, 5.74) is 3.21. The lowest BCUT2D eigenvalue weighted by Crippen LogP contribution is -2.31.